The minimum Gasteiger partial charge on any atom is -0.296 e. The van der Waals surface area contributed by atoms with Crippen LogP contribution < -0.4 is 0 Å². The molecule has 0 heterocycles. The lowest BCUT2D eigenvalue weighted by molar-refractivity contribution is 0.0965. The third-order valence-electron chi connectivity index (χ3n) is 2.02. The van der Waals surface area contributed by atoms with E-state index in [0.29, 0.717) is 0 Å². The number of hydrogen-bond donors (Lipinski definition) is 0. The van der Waals surface area contributed by atoms with Crippen LogP contribution >= 0.6 is 15.9 Å². The molecule has 0 radical (unpaired) electrons. The van der Waals surface area contributed by atoms with Crippen LogP contribution in [0.15, 0.2) is 16.6 Å². The van der Waals surface area contributed by atoms with E-state index in [-0.39, 0.29) is 16.6 Å². The molecule has 0 aromatic heterocycles. The Morgan fingerprint density at radius 1 is 1.31 bits per heavy atom. The zero-order chi connectivity index (χ0) is 12.3. The standard InChI is InChI=1S/C10H10BrF4N/c1-16(5-9(13)14)4-6-8(12)3-2-7(11)10(6)15/h2-3,9H,4-5H2,1H3. The quantitative estimate of drug-likeness (QED) is 0.608. The Hall–Kier alpha value is -0.620. The van der Waals surface area contributed by atoms with Gasteiger partial charge in [0, 0.05) is 12.1 Å². The number of rotatable bonds is 4. The molecule has 90 valence electrons. The van der Waals surface area contributed by atoms with Gasteiger partial charge in [0.2, 0.25) is 0 Å². The molecule has 1 aromatic carbocycles. The molecule has 0 aliphatic heterocycles. The summed E-state index contributed by atoms with van der Waals surface area (Å²) in [5, 5.41) is 0. The Morgan fingerprint density at radius 2 is 1.94 bits per heavy atom. The van der Waals surface area contributed by atoms with Crippen LogP contribution in [-0.2, 0) is 6.54 Å². The van der Waals surface area contributed by atoms with Crippen LogP contribution in [0.2, 0.25) is 0 Å². The van der Waals surface area contributed by atoms with Gasteiger partial charge in [-0.2, -0.15) is 0 Å². The van der Waals surface area contributed by atoms with Gasteiger partial charge in [0.1, 0.15) is 11.6 Å². The number of alkyl halides is 2. The van der Waals surface area contributed by atoms with Crippen LogP contribution in [-0.4, -0.2) is 24.9 Å². The lowest BCUT2D eigenvalue weighted by Crippen LogP contribution is -2.25. The van der Waals surface area contributed by atoms with Crippen LogP contribution in [0.1, 0.15) is 5.56 Å². The molecule has 0 saturated heterocycles. The number of hydrogen-bond acceptors (Lipinski definition) is 1. The summed E-state index contributed by atoms with van der Waals surface area (Å²) in [4.78, 5) is 1.17. The predicted octanol–water partition coefficient (Wildman–Crippen LogP) is 3.42. The van der Waals surface area contributed by atoms with Gasteiger partial charge >= 0.3 is 0 Å². The van der Waals surface area contributed by atoms with Crippen molar-refractivity contribution in [1.29, 1.82) is 0 Å². The zero-order valence-electron chi connectivity index (χ0n) is 8.48. The Labute approximate surface area is 99.2 Å². The fourth-order valence-corrected chi connectivity index (χ4v) is 1.66. The predicted molar refractivity (Wildman–Crippen MR) is 56.4 cm³/mol. The van der Waals surface area contributed by atoms with Gasteiger partial charge in [-0.3, -0.25) is 4.90 Å². The second-order valence-corrected chi connectivity index (χ2v) is 4.26. The fourth-order valence-electron chi connectivity index (χ4n) is 1.28. The summed E-state index contributed by atoms with van der Waals surface area (Å²) in [7, 11) is 1.38. The normalized spacial score (nSPS) is 11.5. The molecule has 1 aromatic rings. The van der Waals surface area contributed by atoms with E-state index in [0.717, 1.165) is 6.07 Å². The van der Waals surface area contributed by atoms with E-state index in [1.807, 2.05) is 0 Å². The van der Waals surface area contributed by atoms with Crippen LogP contribution in [0.25, 0.3) is 0 Å². The Morgan fingerprint density at radius 3 is 2.50 bits per heavy atom. The molecule has 6 heteroatoms. The van der Waals surface area contributed by atoms with Gasteiger partial charge in [-0.05, 0) is 35.1 Å². The van der Waals surface area contributed by atoms with Gasteiger partial charge in [0.25, 0.3) is 6.43 Å². The summed E-state index contributed by atoms with van der Waals surface area (Å²) < 4.78 is 50.9. The average molecular weight is 300 g/mol. The molecule has 0 atom stereocenters. The summed E-state index contributed by atoms with van der Waals surface area (Å²) in [6.45, 7) is -0.715. The monoisotopic (exact) mass is 299 g/mol. The summed E-state index contributed by atoms with van der Waals surface area (Å²) in [6, 6.07) is 2.33. The molecule has 1 rings (SSSR count). The summed E-state index contributed by atoms with van der Waals surface area (Å²) in [6.07, 6.45) is -2.52. The Bertz CT molecular complexity index is 370. The van der Waals surface area contributed by atoms with E-state index < -0.39 is 24.6 Å². The molecule has 0 N–H and O–H groups in total. The van der Waals surface area contributed by atoms with Gasteiger partial charge in [-0.15, -0.1) is 0 Å². The third-order valence-corrected chi connectivity index (χ3v) is 2.63. The van der Waals surface area contributed by atoms with Crippen molar-refractivity contribution in [3.63, 3.8) is 0 Å². The van der Waals surface area contributed by atoms with Gasteiger partial charge in [0.05, 0.1) is 11.0 Å². The van der Waals surface area contributed by atoms with Gasteiger partial charge in [-0.1, -0.05) is 0 Å². The molecule has 0 fully saturated rings. The van der Waals surface area contributed by atoms with E-state index in [9.17, 15) is 17.6 Å². The minimum absolute atomic E-state index is 0.120. The highest BCUT2D eigenvalue weighted by Gasteiger charge is 2.16. The maximum absolute atomic E-state index is 13.5. The Balaban J connectivity index is 2.84. The van der Waals surface area contributed by atoms with E-state index in [1.165, 1.54) is 18.0 Å². The smallest absolute Gasteiger partial charge is 0.251 e. The van der Waals surface area contributed by atoms with E-state index in [4.69, 9.17) is 0 Å². The van der Waals surface area contributed by atoms with Crippen LogP contribution in [0, 0.1) is 11.6 Å². The van der Waals surface area contributed by atoms with Crippen LogP contribution in [0.5, 0.6) is 0 Å². The first-order valence-corrected chi connectivity index (χ1v) is 5.30. The molecule has 16 heavy (non-hydrogen) atoms. The molecule has 0 unspecified atom stereocenters. The second-order valence-electron chi connectivity index (χ2n) is 3.41. The maximum Gasteiger partial charge on any atom is 0.251 e. The first kappa shape index (κ1) is 13.4. The van der Waals surface area contributed by atoms with E-state index in [2.05, 4.69) is 15.9 Å². The van der Waals surface area contributed by atoms with Crippen molar-refractivity contribution in [2.24, 2.45) is 0 Å². The fraction of sp³-hybridized carbons (Fsp3) is 0.400. The third kappa shape index (κ3) is 3.45. The first-order chi connectivity index (χ1) is 7.41. The number of halogens is 5. The zero-order valence-corrected chi connectivity index (χ0v) is 10.1. The number of nitrogens with zero attached hydrogens (tertiary/aromatic N) is 1. The summed E-state index contributed by atoms with van der Waals surface area (Å²) >= 11 is 2.91. The van der Waals surface area contributed by atoms with Crippen molar-refractivity contribution in [1.82, 2.24) is 4.90 Å². The molecule has 0 aliphatic rings. The van der Waals surface area contributed by atoms with E-state index in [1.54, 1.807) is 0 Å². The van der Waals surface area contributed by atoms with Gasteiger partial charge in [0.15, 0.2) is 0 Å². The van der Waals surface area contributed by atoms with Crippen molar-refractivity contribution in [3.8, 4) is 0 Å². The highest BCUT2D eigenvalue weighted by atomic mass is 79.9. The molecule has 0 amide bonds. The molecule has 0 aliphatic carbocycles. The van der Waals surface area contributed by atoms with Crippen molar-refractivity contribution in [2.45, 2.75) is 13.0 Å². The molecule has 1 nitrogen and oxygen atoms in total. The SMILES string of the molecule is CN(Cc1c(F)ccc(Br)c1F)CC(F)F. The summed E-state index contributed by atoms with van der Waals surface area (Å²) in [5.41, 5.74) is -0.211. The van der Waals surface area contributed by atoms with Crippen LogP contribution in [0.3, 0.4) is 0 Å². The topological polar surface area (TPSA) is 3.24 Å². The van der Waals surface area contributed by atoms with Crippen molar-refractivity contribution >= 4 is 15.9 Å². The molecule has 0 spiro atoms. The van der Waals surface area contributed by atoms with Gasteiger partial charge in [-0.25, -0.2) is 17.6 Å². The average Bonchev–Trinajstić information content (AvgIpc) is 2.17. The minimum atomic E-state index is -2.52. The second kappa shape index (κ2) is 5.63. The first-order valence-electron chi connectivity index (χ1n) is 4.51. The maximum atomic E-state index is 13.5. The van der Waals surface area contributed by atoms with Gasteiger partial charge < -0.3 is 0 Å². The molecule has 0 bridgehead atoms. The number of benzene rings is 1. The summed E-state index contributed by atoms with van der Waals surface area (Å²) in [5.74, 6) is -1.48. The van der Waals surface area contributed by atoms with E-state index >= 15 is 0 Å². The largest absolute Gasteiger partial charge is 0.296 e. The lowest BCUT2D eigenvalue weighted by Gasteiger charge is -2.17. The molecular formula is C10H10BrF4N. The molecular weight excluding hydrogens is 290 g/mol. The van der Waals surface area contributed by atoms with Crippen molar-refractivity contribution < 1.29 is 17.6 Å². The highest BCUT2D eigenvalue weighted by Crippen LogP contribution is 2.22. The van der Waals surface area contributed by atoms with Crippen molar-refractivity contribution in [3.05, 3.63) is 33.8 Å². The lowest BCUT2D eigenvalue weighted by atomic mass is 10.2. The van der Waals surface area contributed by atoms with Crippen molar-refractivity contribution in [2.75, 3.05) is 13.6 Å². The van der Waals surface area contributed by atoms with Crippen LogP contribution in [0.4, 0.5) is 17.6 Å². The molecule has 0 saturated carbocycles. The highest BCUT2D eigenvalue weighted by molar-refractivity contribution is 9.10. The Kier molecular flexibility index (Phi) is 4.73.